The number of urea groups is 1. The molecular weight excluding hydrogens is 669 g/mol. The van der Waals surface area contributed by atoms with Gasteiger partial charge in [0.2, 0.25) is 21.8 Å². The highest BCUT2D eigenvalue weighted by Gasteiger charge is 2.37. The lowest BCUT2D eigenvalue weighted by Gasteiger charge is -2.31. The van der Waals surface area contributed by atoms with E-state index >= 15 is 0 Å². The van der Waals surface area contributed by atoms with Gasteiger partial charge in [-0.3, -0.25) is 9.59 Å². The molecule has 0 radical (unpaired) electrons. The summed E-state index contributed by atoms with van der Waals surface area (Å²) in [6.07, 6.45) is -1.23. The van der Waals surface area contributed by atoms with Crippen LogP contribution in [0.15, 0.2) is 64.9 Å². The number of benzene rings is 2. The van der Waals surface area contributed by atoms with Crippen molar-refractivity contribution in [3.05, 3.63) is 76.2 Å². The summed E-state index contributed by atoms with van der Waals surface area (Å²) in [6.45, 7) is 6.50. The van der Waals surface area contributed by atoms with Crippen LogP contribution in [0, 0.1) is 12.8 Å². The molecular formula is C34H46N6O7S2. The molecule has 0 saturated carbocycles. The molecule has 0 unspecified atom stereocenters. The Hall–Kier alpha value is -4.05. The van der Waals surface area contributed by atoms with Crippen molar-refractivity contribution in [2.45, 2.75) is 69.7 Å². The Morgan fingerprint density at radius 1 is 1.10 bits per heavy atom. The second-order valence-electron chi connectivity index (χ2n) is 12.5. The first-order valence-electron chi connectivity index (χ1n) is 16.2. The van der Waals surface area contributed by atoms with Crippen molar-refractivity contribution >= 4 is 39.2 Å². The van der Waals surface area contributed by atoms with Gasteiger partial charge in [0.25, 0.3) is 0 Å². The monoisotopic (exact) mass is 714 g/mol. The van der Waals surface area contributed by atoms with Crippen LogP contribution in [0.3, 0.4) is 0 Å². The van der Waals surface area contributed by atoms with Crippen LogP contribution in [0.5, 0.6) is 5.75 Å². The highest BCUT2D eigenvalue weighted by atomic mass is 32.2. The first-order chi connectivity index (χ1) is 23.3. The van der Waals surface area contributed by atoms with Crippen LogP contribution < -0.4 is 15.8 Å². The van der Waals surface area contributed by atoms with Crippen molar-refractivity contribution in [1.82, 2.24) is 24.4 Å². The fourth-order valence-corrected chi connectivity index (χ4v) is 8.00. The van der Waals surface area contributed by atoms with Crippen LogP contribution in [0.1, 0.15) is 43.0 Å². The highest BCUT2D eigenvalue weighted by molar-refractivity contribution is 7.89. The molecule has 1 aliphatic heterocycles. The molecule has 1 aliphatic rings. The van der Waals surface area contributed by atoms with Crippen LogP contribution in [0.25, 0.3) is 0 Å². The number of carbonyl (C=O) groups excluding carboxylic acids is 3. The number of rotatable bonds is 18. The molecule has 3 atom stereocenters. The standard InChI is InChI=1S/C34H46N6O7S2/c1-23(2)19-39(49(45,46)28-12-10-27(47-4)11-13-28)21-31(41)29(18-25-8-6-5-7-9-25)37-32(42)15-14-30(33(35)43)40-17-16-38(34(40)44)20-26-22-48-24(3)36-26/h5-13,22-23,29-31,41H,14-21H2,1-4H3,(H2,35,43)(H,37,42)/t29-,30-,31+/m0/s1. The molecule has 2 aromatic carbocycles. The van der Waals surface area contributed by atoms with E-state index in [0.717, 1.165) is 16.3 Å². The molecule has 1 saturated heterocycles. The molecule has 2 heterocycles. The number of primary amides is 1. The molecule has 4 N–H and O–H groups in total. The summed E-state index contributed by atoms with van der Waals surface area (Å²) in [5.41, 5.74) is 7.30. The molecule has 4 rings (SSSR count). The van der Waals surface area contributed by atoms with Crippen LogP contribution in [0.2, 0.25) is 0 Å². The SMILES string of the molecule is COc1ccc(S(=O)(=O)N(CC(C)C)C[C@@H](O)[C@H](Cc2ccccc2)NC(=O)CC[C@@H](C(N)=O)N2CCN(Cc3csc(C)n3)C2=O)cc1. The zero-order chi connectivity index (χ0) is 35.7. The van der Waals surface area contributed by atoms with Gasteiger partial charge in [0.1, 0.15) is 11.8 Å². The first kappa shape index (κ1) is 37.8. The minimum absolute atomic E-state index is 0.0178. The van der Waals surface area contributed by atoms with Gasteiger partial charge in [-0.05, 0) is 55.5 Å². The Balaban J connectivity index is 1.46. The molecule has 1 fully saturated rings. The second-order valence-corrected chi connectivity index (χ2v) is 15.5. The van der Waals surface area contributed by atoms with Gasteiger partial charge in [-0.1, -0.05) is 44.2 Å². The average molecular weight is 715 g/mol. The fourth-order valence-electron chi connectivity index (χ4n) is 5.77. The quantitative estimate of drug-likeness (QED) is 0.180. The Kier molecular flexibility index (Phi) is 13.1. The maximum atomic E-state index is 13.7. The number of aromatic nitrogens is 1. The lowest BCUT2D eigenvalue weighted by molar-refractivity contribution is -0.124. The van der Waals surface area contributed by atoms with Crippen molar-refractivity contribution < 1.29 is 32.6 Å². The number of methoxy groups -OCH3 is 1. The number of sulfonamides is 1. The number of nitrogens with zero attached hydrogens (tertiary/aromatic N) is 4. The molecule has 13 nitrogen and oxygen atoms in total. The molecule has 3 aromatic rings. The van der Waals surface area contributed by atoms with Crippen LogP contribution in [0.4, 0.5) is 4.79 Å². The summed E-state index contributed by atoms with van der Waals surface area (Å²) < 4.78 is 33.9. The smallest absolute Gasteiger partial charge is 0.321 e. The Labute approximate surface area is 292 Å². The van der Waals surface area contributed by atoms with E-state index in [2.05, 4.69) is 10.3 Å². The Bertz CT molecular complexity index is 1670. The van der Waals surface area contributed by atoms with E-state index in [-0.39, 0.29) is 55.7 Å². The number of hydrogen-bond donors (Lipinski definition) is 3. The number of carbonyl (C=O) groups is 3. The zero-order valence-corrected chi connectivity index (χ0v) is 30.0. The van der Waals surface area contributed by atoms with Gasteiger partial charge in [-0.2, -0.15) is 4.31 Å². The number of amides is 4. The number of ether oxygens (including phenoxy) is 1. The maximum Gasteiger partial charge on any atom is 0.321 e. The van der Waals surface area contributed by atoms with Crippen LogP contribution in [-0.4, -0.2) is 102 Å². The highest BCUT2D eigenvalue weighted by Crippen LogP contribution is 2.23. The minimum atomic E-state index is -4.01. The number of hydrogen-bond acceptors (Lipinski definition) is 9. The minimum Gasteiger partial charge on any atom is -0.497 e. The number of nitrogens with one attached hydrogen (secondary N) is 1. The zero-order valence-electron chi connectivity index (χ0n) is 28.3. The van der Waals surface area contributed by atoms with Crippen LogP contribution >= 0.6 is 11.3 Å². The van der Waals surface area contributed by atoms with Gasteiger partial charge >= 0.3 is 6.03 Å². The molecule has 0 bridgehead atoms. The van der Waals surface area contributed by atoms with Crippen molar-refractivity contribution in [3.63, 3.8) is 0 Å². The molecule has 1 aromatic heterocycles. The van der Waals surface area contributed by atoms with E-state index in [1.165, 1.54) is 39.8 Å². The summed E-state index contributed by atoms with van der Waals surface area (Å²) in [5, 5.41) is 17.2. The van der Waals surface area contributed by atoms with Crippen molar-refractivity contribution in [1.29, 1.82) is 0 Å². The van der Waals surface area contributed by atoms with Gasteiger partial charge in [-0.25, -0.2) is 18.2 Å². The van der Waals surface area contributed by atoms with Gasteiger partial charge in [-0.15, -0.1) is 11.3 Å². The predicted octanol–water partition coefficient (Wildman–Crippen LogP) is 2.77. The molecule has 4 amide bonds. The van der Waals surface area contributed by atoms with Crippen LogP contribution in [-0.2, 0) is 32.6 Å². The third kappa shape index (κ3) is 10.2. The first-order valence-corrected chi connectivity index (χ1v) is 18.5. The van der Waals surface area contributed by atoms with E-state index in [1.807, 2.05) is 56.5 Å². The van der Waals surface area contributed by atoms with Gasteiger partial charge in [0, 0.05) is 38.0 Å². The summed E-state index contributed by atoms with van der Waals surface area (Å²) in [5.74, 6) is -0.735. The lowest BCUT2D eigenvalue weighted by Crippen LogP contribution is -2.51. The summed E-state index contributed by atoms with van der Waals surface area (Å²) in [7, 11) is -2.52. The number of aliphatic hydroxyl groups excluding tert-OH is 1. The predicted molar refractivity (Wildman–Crippen MR) is 186 cm³/mol. The van der Waals surface area contributed by atoms with Crippen molar-refractivity contribution in [2.24, 2.45) is 11.7 Å². The largest absolute Gasteiger partial charge is 0.497 e. The summed E-state index contributed by atoms with van der Waals surface area (Å²) in [6, 6.07) is 13.0. The number of thiazole rings is 1. The topological polar surface area (TPSA) is 175 Å². The number of aryl methyl sites for hydroxylation is 1. The molecule has 266 valence electrons. The normalized spacial score (nSPS) is 15.4. The average Bonchev–Trinajstić information content (AvgIpc) is 3.64. The molecule has 0 aliphatic carbocycles. The second kappa shape index (κ2) is 17.1. The van der Waals surface area contributed by atoms with Crippen molar-refractivity contribution in [2.75, 3.05) is 33.3 Å². The Morgan fingerprint density at radius 2 is 1.80 bits per heavy atom. The Morgan fingerprint density at radius 3 is 2.39 bits per heavy atom. The number of aliphatic hydroxyl groups is 1. The fraction of sp³-hybridized carbons (Fsp3) is 0.471. The molecule has 49 heavy (non-hydrogen) atoms. The third-order valence-corrected chi connectivity index (χ3v) is 10.9. The van der Waals surface area contributed by atoms with E-state index in [4.69, 9.17) is 10.5 Å². The third-order valence-electron chi connectivity index (χ3n) is 8.26. The van der Waals surface area contributed by atoms with Gasteiger partial charge in [0.05, 0.1) is 41.4 Å². The summed E-state index contributed by atoms with van der Waals surface area (Å²) in [4.78, 5) is 46.5. The summed E-state index contributed by atoms with van der Waals surface area (Å²) >= 11 is 1.49. The van der Waals surface area contributed by atoms with E-state index in [1.54, 1.807) is 17.0 Å². The van der Waals surface area contributed by atoms with E-state index in [0.29, 0.717) is 18.8 Å². The number of nitrogens with two attached hydrogens (primary N) is 1. The lowest BCUT2D eigenvalue weighted by atomic mass is 10.00. The maximum absolute atomic E-state index is 13.7. The molecule has 15 heteroatoms. The van der Waals surface area contributed by atoms with Crippen molar-refractivity contribution in [3.8, 4) is 5.75 Å². The van der Waals surface area contributed by atoms with Gasteiger partial charge in [0.15, 0.2) is 0 Å². The van der Waals surface area contributed by atoms with E-state index in [9.17, 15) is 27.9 Å². The van der Waals surface area contributed by atoms with Gasteiger partial charge < -0.3 is 30.7 Å². The van der Waals surface area contributed by atoms with E-state index < -0.39 is 40.0 Å². The molecule has 0 spiro atoms.